The number of hydrogen-bond acceptors (Lipinski definition) is 3. The van der Waals surface area contributed by atoms with E-state index in [4.69, 9.17) is 0 Å². The Labute approximate surface area is 90.7 Å². The van der Waals surface area contributed by atoms with Crippen LogP contribution in [0, 0.1) is 0 Å². The zero-order valence-corrected chi connectivity index (χ0v) is 9.33. The Kier molecular flexibility index (Phi) is 2.82. The fraction of sp³-hybridized carbons (Fsp3) is 0.500. The maximum atomic E-state index is 9.81. The van der Waals surface area contributed by atoms with E-state index in [-0.39, 0.29) is 0 Å². The number of anilines is 1. The smallest absolute Gasteiger partial charge is 0.121 e. The molecule has 0 radical (unpaired) electrons. The maximum absolute atomic E-state index is 9.81. The normalized spacial score (nSPS) is 19.0. The predicted octanol–water partition coefficient (Wildman–Crippen LogP) is 1.85. The lowest BCUT2D eigenvalue weighted by molar-refractivity contribution is 0.382. The van der Waals surface area contributed by atoms with E-state index in [0.717, 1.165) is 30.8 Å². The van der Waals surface area contributed by atoms with Crippen molar-refractivity contribution in [2.75, 3.05) is 32.5 Å². The number of benzene rings is 1. The van der Waals surface area contributed by atoms with Crippen LogP contribution in [-0.4, -0.2) is 37.2 Å². The standard InChI is InChI=1S/C12H18N2O/c1-14(2)7-6-9-8-13-10-4-3-5-11(15)12(9)10/h3-5,9,13,15H,6-8H2,1-2H3. The van der Waals surface area contributed by atoms with Crippen LogP contribution in [0.3, 0.4) is 0 Å². The first kappa shape index (κ1) is 10.3. The molecule has 0 saturated carbocycles. The fourth-order valence-corrected chi connectivity index (χ4v) is 2.13. The molecule has 0 aromatic heterocycles. The number of nitrogens with zero attached hydrogens (tertiary/aromatic N) is 1. The first-order valence-corrected chi connectivity index (χ1v) is 5.39. The third-order valence-electron chi connectivity index (χ3n) is 2.96. The average molecular weight is 206 g/mol. The Morgan fingerprint density at radius 3 is 3.00 bits per heavy atom. The van der Waals surface area contributed by atoms with Gasteiger partial charge in [0.1, 0.15) is 5.75 Å². The highest BCUT2D eigenvalue weighted by atomic mass is 16.3. The van der Waals surface area contributed by atoms with E-state index >= 15 is 0 Å². The zero-order chi connectivity index (χ0) is 10.8. The molecule has 1 aliphatic heterocycles. The van der Waals surface area contributed by atoms with Crippen molar-refractivity contribution in [3.63, 3.8) is 0 Å². The van der Waals surface area contributed by atoms with Gasteiger partial charge in [-0.2, -0.15) is 0 Å². The van der Waals surface area contributed by atoms with Gasteiger partial charge < -0.3 is 15.3 Å². The Bertz CT molecular complexity index is 349. The van der Waals surface area contributed by atoms with Crippen LogP contribution in [0.2, 0.25) is 0 Å². The molecule has 1 aliphatic rings. The summed E-state index contributed by atoms with van der Waals surface area (Å²) in [5.74, 6) is 0.879. The molecule has 2 N–H and O–H groups in total. The fourth-order valence-electron chi connectivity index (χ4n) is 2.13. The van der Waals surface area contributed by atoms with Crippen molar-refractivity contribution in [3.05, 3.63) is 23.8 Å². The topological polar surface area (TPSA) is 35.5 Å². The average Bonchev–Trinajstić information content (AvgIpc) is 2.59. The lowest BCUT2D eigenvalue weighted by atomic mass is 9.97. The summed E-state index contributed by atoms with van der Waals surface area (Å²) in [6.45, 7) is 2.00. The molecule has 1 aromatic carbocycles. The minimum Gasteiger partial charge on any atom is -0.508 e. The lowest BCUT2D eigenvalue weighted by Gasteiger charge is -2.15. The molecule has 1 aromatic rings. The van der Waals surface area contributed by atoms with Gasteiger partial charge in [0.15, 0.2) is 0 Å². The molecule has 1 heterocycles. The Morgan fingerprint density at radius 2 is 2.27 bits per heavy atom. The van der Waals surface area contributed by atoms with E-state index in [1.165, 1.54) is 0 Å². The van der Waals surface area contributed by atoms with Crippen LogP contribution in [-0.2, 0) is 0 Å². The molecular weight excluding hydrogens is 188 g/mol. The van der Waals surface area contributed by atoms with E-state index in [0.29, 0.717) is 11.7 Å². The van der Waals surface area contributed by atoms with Crippen LogP contribution in [0.5, 0.6) is 5.75 Å². The van der Waals surface area contributed by atoms with E-state index in [2.05, 4.69) is 24.3 Å². The largest absolute Gasteiger partial charge is 0.508 e. The van der Waals surface area contributed by atoms with Gasteiger partial charge >= 0.3 is 0 Å². The van der Waals surface area contributed by atoms with E-state index in [1.54, 1.807) is 6.07 Å². The number of nitrogens with one attached hydrogen (secondary N) is 1. The van der Waals surface area contributed by atoms with Gasteiger partial charge in [0.2, 0.25) is 0 Å². The molecule has 0 bridgehead atoms. The molecule has 0 aliphatic carbocycles. The van der Waals surface area contributed by atoms with Gasteiger partial charge in [0.05, 0.1) is 0 Å². The minimum absolute atomic E-state index is 0.432. The Morgan fingerprint density at radius 1 is 1.47 bits per heavy atom. The number of hydrogen-bond donors (Lipinski definition) is 2. The molecule has 0 spiro atoms. The number of phenols is 1. The van der Waals surface area contributed by atoms with Crippen LogP contribution < -0.4 is 5.32 Å². The highest BCUT2D eigenvalue weighted by Crippen LogP contribution is 2.39. The van der Waals surface area contributed by atoms with E-state index in [9.17, 15) is 5.11 Å². The number of phenolic OH excluding ortho intramolecular Hbond substituents is 1. The molecule has 3 heteroatoms. The lowest BCUT2D eigenvalue weighted by Crippen LogP contribution is -2.16. The SMILES string of the molecule is CN(C)CCC1CNc2cccc(O)c21. The van der Waals surface area contributed by atoms with Crippen LogP contribution in [0.25, 0.3) is 0 Å². The molecular formula is C12H18N2O. The summed E-state index contributed by atoms with van der Waals surface area (Å²) in [6, 6.07) is 5.69. The van der Waals surface area contributed by atoms with Gasteiger partial charge in [0, 0.05) is 23.7 Å². The molecule has 0 amide bonds. The molecule has 15 heavy (non-hydrogen) atoms. The van der Waals surface area contributed by atoms with Gasteiger partial charge in [-0.1, -0.05) is 6.07 Å². The molecule has 1 atom stereocenters. The molecule has 0 saturated heterocycles. The highest BCUT2D eigenvalue weighted by molar-refractivity contribution is 5.62. The van der Waals surface area contributed by atoms with Gasteiger partial charge in [-0.3, -0.25) is 0 Å². The van der Waals surface area contributed by atoms with E-state index < -0.39 is 0 Å². The monoisotopic (exact) mass is 206 g/mol. The predicted molar refractivity (Wildman–Crippen MR) is 62.5 cm³/mol. The summed E-state index contributed by atoms with van der Waals surface area (Å²) < 4.78 is 0. The van der Waals surface area contributed by atoms with Crippen molar-refractivity contribution in [2.45, 2.75) is 12.3 Å². The van der Waals surface area contributed by atoms with Crippen molar-refractivity contribution < 1.29 is 5.11 Å². The van der Waals surface area contributed by atoms with E-state index in [1.807, 2.05) is 12.1 Å². The maximum Gasteiger partial charge on any atom is 0.121 e. The third-order valence-corrected chi connectivity index (χ3v) is 2.96. The molecule has 1 unspecified atom stereocenters. The molecule has 2 rings (SSSR count). The Hall–Kier alpha value is -1.22. The third kappa shape index (κ3) is 2.07. The molecule has 3 nitrogen and oxygen atoms in total. The second-order valence-electron chi connectivity index (χ2n) is 4.41. The summed E-state index contributed by atoms with van der Waals surface area (Å²) in [5.41, 5.74) is 2.19. The van der Waals surface area contributed by atoms with Crippen LogP contribution in [0.4, 0.5) is 5.69 Å². The summed E-state index contributed by atoms with van der Waals surface area (Å²) in [5, 5.41) is 13.1. The number of rotatable bonds is 3. The second kappa shape index (κ2) is 4.11. The van der Waals surface area contributed by atoms with Gasteiger partial charge in [0.25, 0.3) is 0 Å². The zero-order valence-electron chi connectivity index (χ0n) is 9.33. The number of aromatic hydroxyl groups is 1. The quantitative estimate of drug-likeness (QED) is 0.792. The van der Waals surface area contributed by atoms with Gasteiger partial charge in [-0.05, 0) is 39.2 Å². The van der Waals surface area contributed by atoms with Crippen molar-refractivity contribution >= 4 is 5.69 Å². The summed E-state index contributed by atoms with van der Waals surface area (Å²) >= 11 is 0. The van der Waals surface area contributed by atoms with Crippen molar-refractivity contribution in [1.29, 1.82) is 0 Å². The van der Waals surface area contributed by atoms with Crippen LogP contribution in [0.15, 0.2) is 18.2 Å². The molecule has 82 valence electrons. The van der Waals surface area contributed by atoms with Crippen molar-refractivity contribution in [1.82, 2.24) is 4.90 Å². The van der Waals surface area contributed by atoms with Crippen LogP contribution >= 0.6 is 0 Å². The summed E-state index contributed by atoms with van der Waals surface area (Å²) in [6.07, 6.45) is 1.09. The Balaban J connectivity index is 2.13. The number of fused-ring (bicyclic) bond motifs is 1. The van der Waals surface area contributed by atoms with Gasteiger partial charge in [-0.25, -0.2) is 0 Å². The minimum atomic E-state index is 0.432. The first-order valence-electron chi connectivity index (χ1n) is 5.39. The van der Waals surface area contributed by atoms with Crippen molar-refractivity contribution in [3.8, 4) is 5.75 Å². The first-order chi connectivity index (χ1) is 7.18. The van der Waals surface area contributed by atoms with Crippen LogP contribution in [0.1, 0.15) is 17.9 Å². The van der Waals surface area contributed by atoms with Gasteiger partial charge in [-0.15, -0.1) is 0 Å². The summed E-state index contributed by atoms with van der Waals surface area (Å²) in [7, 11) is 4.16. The summed E-state index contributed by atoms with van der Waals surface area (Å²) in [4.78, 5) is 2.18. The highest BCUT2D eigenvalue weighted by Gasteiger charge is 2.24. The molecule has 0 fully saturated rings. The second-order valence-corrected chi connectivity index (χ2v) is 4.41. The van der Waals surface area contributed by atoms with Crippen molar-refractivity contribution in [2.24, 2.45) is 0 Å².